The molecule has 0 spiro atoms. The Kier molecular flexibility index (Phi) is 4.91. The first kappa shape index (κ1) is 20.0. The van der Waals surface area contributed by atoms with E-state index in [1.165, 1.54) is 12.4 Å². The van der Waals surface area contributed by atoms with Crippen molar-refractivity contribution >= 4 is 22.8 Å². The maximum absolute atomic E-state index is 14.0. The van der Waals surface area contributed by atoms with Gasteiger partial charge in [0.1, 0.15) is 23.7 Å². The summed E-state index contributed by atoms with van der Waals surface area (Å²) in [6, 6.07) is 6.43. The van der Waals surface area contributed by atoms with Crippen molar-refractivity contribution in [3.8, 4) is 0 Å². The van der Waals surface area contributed by atoms with Gasteiger partial charge in [-0.1, -0.05) is 25.0 Å². The molecule has 2 fully saturated rings. The Labute approximate surface area is 180 Å². The number of nitrogens with zero attached hydrogens (tertiary/aromatic N) is 3. The van der Waals surface area contributed by atoms with Gasteiger partial charge in [0.05, 0.1) is 17.0 Å². The summed E-state index contributed by atoms with van der Waals surface area (Å²) < 4.78 is 19.9. The van der Waals surface area contributed by atoms with Crippen LogP contribution in [0.25, 0.3) is 11.1 Å². The highest BCUT2D eigenvalue weighted by Crippen LogP contribution is 2.41. The molecule has 6 nitrogen and oxygen atoms in total. The number of hydrogen-bond acceptors (Lipinski definition) is 5. The quantitative estimate of drug-likeness (QED) is 0.610. The summed E-state index contributed by atoms with van der Waals surface area (Å²) >= 11 is 0. The summed E-state index contributed by atoms with van der Waals surface area (Å²) in [5.41, 5.74) is 1.76. The molecular weight excluding hydrogens is 395 g/mol. The molecule has 1 aromatic carbocycles. The maximum Gasteiger partial charge on any atom is 0.258 e. The third-order valence-corrected chi connectivity index (χ3v) is 6.55. The Bertz CT molecular complexity index is 1140. The number of benzene rings is 1. The van der Waals surface area contributed by atoms with Crippen molar-refractivity contribution in [3.63, 3.8) is 0 Å². The van der Waals surface area contributed by atoms with Crippen molar-refractivity contribution in [3.05, 3.63) is 53.3 Å². The van der Waals surface area contributed by atoms with Crippen LogP contribution in [0.5, 0.6) is 0 Å². The molecule has 1 unspecified atom stereocenters. The van der Waals surface area contributed by atoms with E-state index in [1.54, 1.807) is 19.1 Å². The van der Waals surface area contributed by atoms with Crippen LogP contribution in [-0.2, 0) is 0 Å². The van der Waals surface area contributed by atoms with Gasteiger partial charge in [0.15, 0.2) is 0 Å². The average Bonchev–Trinajstić information content (AvgIpc) is 3.43. The monoisotopic (exact) mass is 422 g/mol. The molecule has 1 atom stereocenters. The number of carbonyl (C=O) groups is 1. The second-order valence-electron chi connectivity index (χ2n) is 9.04. The molecular formula is C24H27FN4O2. The number of anilines is 1. The fourth-order valence-corrected chi connectivity index (χ4v) is 4.55. The summed E-state index contributed by atoms with van der Waals surface area (Å²) in [4.78, 5) is 24.5. The zero-order chi connectivity index (χ0) is 21.6. The lowest BCUT2D eigenvalue weighted by Crippen LogP contribution is -2.35. The van der Waals surface area contributed by atoms with E-state index in [2.05, 4.69) is 22.2 Å². The van der Waals surface area contributed by atoms with Crippen LogP contribution in [0.4, 0.5) is 10.2 Å². The molecule has 0 bridgehead atoms. The highest BCUT2D eigenvalue weighted by atomic mass is 19.1. The van der Waals surface area contributed by atoms with Crippen LogP contribution in [-0.4, -0.2) is 32.9 Å². The van der Waals surface area contributed by atoms with Gasteiger partial charge in [0.2, 0.25) is 5.71 Å². The van der Waals surface area contributed by atoms with Crippen LogP contribution in [0.1, 0.15) is 73.2 Å². The van der Waals surface area contributed by atoms with Gasteiger partial charge in [-0.15, -0.1) is 0 Å². The Morgan fingerprint density at radius 2 is 2.10 bits per heavy atom. The lowest BCUT2D eigenvalue weighted by Gasteiger charge is -2.30. The van der Waals surface area contributed by atoms with Crippen molar-refractivity contribution in [2.75, 3.05) is 11.9 Å². The molecule has 31 heavy (non-hydrogen) atoms. The number of amides is 1. The minimum absolute atomic E-state index is 0.000515. The molecule has 1 saturated heterocycles. The molecule has 1 aliphatic heterocycles. The van der Waals surface area contributed by atoms with E-state index in [9.17, 15) is 9.18 Å². The summed E-state index contributed by atoms with van der Waals surface area (Å²) in [7, 11) is 0. The third-order valence-electron chi connectivity index (χ3n) is 6.55. The van der Waals surface area contributed by atoms with Gasteiger partial charge >= 0.3 is 0 Å². The van der Waals surface area contributed by atoms with Crippen molar-refractivity contribution in [2.45, 2.75) is 64.0 Å². The molecule has 162 valence electrons. The van der Waals surface area contributed by atoms with E-state index in [1.807, 2.05) is 11.0 Å². The van der Waals surface area contributed by atoms with Gasteiger partial charge in [0, 0.05) is 12.1 Å². The molecule has 0 radical (unpaired) electrons. The van der Waals surface area contributed by atoms with Gasteiger partial charge in [-0.05, 0) is 57.2 Å². The fraction of sp³-hybridized carbons (Fsp3) is 0.458. The van der Waals surface area contributed by atoms with Crippen LogP contribution in [0, 0.1) is 12.7 Å². The zero-order valence-corrected chi connectivity index (χ0v) is 17.9. The maximum atomic E-state index is 14.0. The summed E-state index contributed by atoms with van der Waals surface area (Å²) in [6.45, 7) is 4.57. The number of furan rings is 1. The second-order valence-corrected chi connectivity index (χ2v) is 9.04. The predicted molar refractivity (Wildman–Crippen MR) is 116 cm³/mol. The highest BCUT2D eigenvalue weighted by molar-refractivity contribution is 6.10. The van der Waals surface area contributed by atoms with Gasteiger partial charge < -0.3 is 14.6 Å². The van der Waals surface area contributed by atoms with Crippen LogP contribution in [0.3, 0.4) is 0 Å². The van der Waals surface area contributed by atoms with E-state index >= 15 is 0 Å². The molecule has 2 aromatic heterocycles. The van der Waals surface area contributed by atoms with E-state index < -0.39 is 0 Å². The minimum Gasteiger partial charge on any atom is -0.442 e. The summed E-state index contributed by atoms with van der Waals surface area (Å²) in [5.74, 6) is 0.789. The van der Waals surface area contributed by atoms with Crippen LogP contribution in [0.2, 0.25) is 0 Å². The van der Waals surface area contributed by atoms with E-state index in [0.29, 0.717) is 34.8 Å². The smallest absolute Gasteiger partial charge is 0.258 e. The second kappa shape index (κ2) is 7.62. The normalized spacial score (nSPS) is 20.5. The number of likely N-dealkylation sites (tertiary alicyclic amines) is 1. The Morgan fingerprint density at radius 1 is 1.26 bits per heavy atom. The zero-order valence-electron chi connectivity index (χ0n) is 17.9. The Hall–Kier alpha value is -2.96. The Morgan fingerprint density at radius 3 is 2.87 bits per heavy atom. The molecule has 1 N–H and O–H groups in total. The number of hydrogen-bond donors (Lipinski definition) is 1. The number of nitrogens with one attached hydrogen (secondary N) is 1. The summed E-state index contributed by atoms with van der Waals surface area (Å²) in [6.07, 6.45) is 7.38. The lowest BCUT2D eigenvalue weighted by molar-refractivity contribution is 0.0680. The topological polar surface area (TPSA) is 71.3 Å². The predicted octanol–water partition coefficient (Wildman–Crippen LogP) is 5.39. The van der Waals surface area contributed by atoms with E-state index in [0.717, 1.165) is 44.1 Å². The number of halogens is 1. The molecule has 3 aromatic rings. The number of rotatable bonds is 4. The first-order valence-corrected chi connectivity index (χ1v) is 11.0. The first-order valence-electron chi connectivity index (χ1n) is 11.0. The molecule has 5 rings (SSSR count). The number of aryl methyl sites for hydroxylation is 1. The highest BCUT2D eigenvalue weighted by Gasteiger charge is 2.39. The van der Waals surface area contributed by atoms with E-state index in [4.69, 9.17) is 4.42 Å². The van der Waals surface area contributed by atoms with E-state index in [-0.39, 0.29) is 23.3 Å². The number of fused-ring (bicyclic) bond motifs is 1. The largest absolute Gasteiger partial charge is 0.442 e. The lowest BCUT2D eigenvalue weighted by atomic mass is 9.99. The number of aromatic nitrogens is 2. The van der Waals surface area contributed by atoms with Crippen molar-refractivity contribution in [2.24, 2.45) is 0 Å². The average molecular weight is 423 g/mol. The molecule has 3 heterocycles. The van der Waals surface area contributed by atoms with Gasteiger partial charge in [0.25, 0.3) is 5.91 Å². The SMILES string of the molecule is Cc1oc2ncnc(NC3(C)CC3)c2c1C(=O)N1CCCCCC1c1cccc(F)c1. The minimum atomic E-state index is -0.281. The van der Waals surface area contributed by atoms with Crippen molar-refractivity contribution < 1.29 is 13.6 Å². The Balaban J connectivity index is 1.58. The van der Waals surface area contributed by atoms with Gasteiger partial charge in [-0.25, -0.2) is 14.4 Å². The van der Waals surface area contributed by atoms with Gasteiger partial charge in [-0.3, -0.25) is 4.79 Å². The standard InChI is InChI=1S/C24H27FN4O2/c1-15-19(20-21(28-24(2)10-11-24)26-14-27-22(20)31-15)23(30)29-12-5-3-4-9-18(29)16-7-6-8-17(25)13-16/h6-8,13-14,18H,3-5,9-12H2,1-2H3,(H,26,27,28). The molecule has 1 aliphatic carbocycles. The molecule has 1 saturated carbocycles. The molecule has 2 aliphatic rings. The fourth-order valence-electron chi connectivity index (χ4n) is 4.55. The third kappa shape index (κ3) is 3.77. The van der Waals surface area contributed by atoms with Crippen LogP contribution in [0.15, 0.2) is 35.0 Å². The molecule has 1 amide bonds. The van der Waals surface area contributed by atoms with Crippen molar-refractivity contribution in [1.29, 1.82) is 0 Å². The van der Waals surface area contributed by atoms with Gasteiger partial charge in [-0.2, -0.15) is 0 Å². The first-order chi connectivity index (χ1) is 15.0. The summed E-state index contributed by atoms with van der Waals surface area (Å²) in [5, 5.41) is 4.12. The van der Waals surface area contributed by atoms with Crippen LogP contribution < -0.4 is 5.32 Å². The van der Waals surface area contributed by atoms with Crippen molar-refractivity contribution in [1.82, 2.24) is 14.9 Å². The molecule has 7 heteroatoms. The number of carbonyl (C=O) groups excluding carboxylic acids is 1. The van der Waals surface area contributed by atoms with Crippen LogP contribution >= 0.6 is 0 Å².